The van der Waals surface area contributed by atoms with Gasteiger partial charge in [0.15, 0.2) is 0 Å². The molecule has 0 spiro atoms. The molecule has 2 aliphatic rings. The Morgan fingerprint density at radius 1 is 1.06 bits per heavy atom. The standard InChI is InChI=1S/C25H33ClN4O4/c1-18-16-21(6-11-24(18)30(32)33)27-20-4-9-23(10-5-20)34-17-25(31)29-14-12-28(13-15-29)22-7-2-19(26)3-8-22/h2-3,6-8,11,16,20,23,27,32-33H,4-5,9-10,12-15,17H2,1H3. The van der Waals surface area contributed by atoms with E-state index in [1.54, 1.807) is 6.07 Å². The number of nitrogens with zero attached hydrogens (tertiary/aromatic N) is 3. The SMILES string of the molecule is Cc1cc(NC2CCC(OCC(=O)N3CCN(c4ccc(Cl)cc4)CC3)CC2)ccc1N(O)O. The maximum absolute atomic E-state index is 12.7. The number of anilines is 3. The predicted octanol–water partition coefficient (Wildman–Crippen LogP) is 4.32. The van der Waals surface area contributed by atoms with Crippen LogP contribution in [-0.2, 0) is 9.53 Å². The van der Waals surface area contributed by atoms with E-state index in [0.29, 0.717) is 24.8 Å². The van der Waals surface area contributed by atoms with Crippen LogP contribution in [0.4, 0.5) is 17.1 Å². The van der Waals surface area contributed by atoms with E-state index < -0.39 is 0 Å². The fourth-order valence-electron chi connectivity index (χ4n) is 4.73. The van der Waals surface area contributed by atoms with Crippen LogP contribution in [0.5, 0.6) is 0 Å². The lowest BCUT2D eigenvalue weighted by Gasteiger charge is -2.36. The van der Waals surface area contributed by atoms with Crippen LogP contribution in [0.15, 0.2) is 42.5 Å². The van der Waals surface area contributed by atoms with Crippen LogP contribution in [-0.4, -0.2) is 66.2 Å². The number of benzene rings is 2. The quantitative estimate of drug-likeness (QED) is 0.500. The Bertz CT molecular complexity index is 956. The predicted molar refractivity (Wildman–Crippen MR) is 133 cm³/mol. The molecule has 0 unspecified atom stereocenters. The fourth-order valence-corrected chi connectivity index (χ4v) is 4.85. The Hall–Kier alpha value is -2.52. The van der Waals surface area contributed by atoms with E-state index in [1.165, 1.54) is 0 Å². The second kappa shape index (κ2) is 11.3. The summed E-state index contributed by atoms with van der Waals surface area (Å²) in [5.74, 6) is 0.0633. The molecule has 184 valence electrons. The summed E-state index contributed by atoms with van der Waals surface area (Å²) in [5, 5.41) is 22.8. The monoisotopic (exact) mass is 488 g/mol. The topological polar surface area (TPSA) is 88.5 Å². The molecule has 1 heterocycles. The number of ether oxygens (including phenoxy) is 1. The largest absolute Gasteiger partial charge is 0.382 e. The molecule has 34 heavy (non-hydrogen) atoms. The molecule has 1 aliphatic carbocycles. The normalized spacial score (nSPS) is 20.8. The van der Waals surface area contributed by atoms with Crippen molar-refractivity contribution in [3.05, 3.63) is 53.1 Å². The third-order valence-corrected chi connectivity index (χ3v) is 6.98. The first-order valence-corrected chi connectivity index (χ1v) is 12.2. The highest BCUT2D eigenvalue weighted by atomic mass is 35.5. The number of hydrogen-bond acceptors (Lipinski definition) is 7. The molecule has 8 nitrogen and oxygen atoms in total. The molecule has 2 aromatic carbocycles. The van der Waals surface area contributed by atoms with Crippen molar-refractivity contribution in [1.29, 1.82) is 0 Å². The minimum atomic E-state index is 0.0633. The molecule has 0 atom stereocenters. The van der Waals surface area contributed by atoms with Crippen molar-refractivity contribution in [2.24, 2.45) is 0 Å². The third-order valence-electron chi connectivity index (χ3n) is 6.72. The van der Waals surface area contributed by atoms with Gasteiger partial charge in [0.1, 0.15) is 6.61 Å². The summed E-state index contributed by atoms with van der Waals surface area (Å²) < 4.78 is 5.97. The minimum absolute atomic E-state index is 0.0633. The minimum Gasteiger partial charge on any atom is -0.382 e. The van der Waals surface area contributed by atoms with Gasteiger partial charge in [0.2, 0.25) is 5.91 Å². The van der Waals surface area contributed by atoms with Crippen LogP contribution in [0.3, 0.4) is 0 Å². The van der Waals surface area contributed by atoms with Gasteiger partial charge in [0.05, 0.1) is 11.8 Å². The zero-order valence-electron chi connectivity index (χ0n) is 19.5. The van der Waals surface area contributed by atoms with Crippen molar-refractivity contribution in [3.8, 4) is 0 Å². The van der Waals surface area contributed by atoms with E-state index in [2.05, 4.69) is 10.2 Å². The zero-order valence-corrected chi connectivity index (χ0v) is 20.2. The second-order valence-electron chi connectivity index (χ2n) is 9.06. The van der Waals surface area contributed by atoms with E-state index in [9.17, 15) is 15.2 Å². The lowest BCUT2D eigenvalue weighted by molar-refractivity contribution is -0.139. The van der Waals surface area contributed by atoms with Crippen LogP contribution in [0.2, 0.25) is 5.02 Å². The van der Waals surface area contributed by atoms with Gasteiger partial charge in [0.25, 0.3) is 0 Å². The molecule has 0 bridgehead atoms. The first-order valence-electron chi connectivity index (χ1n) is 11.8. The highest BCUT2D eigenvalue weighted by molar-refractivity contribution is 6.30. The Morgan fingerprint density at radius 2 is 1.74 bits per heavy atom. The summed E-state index contributed by atoms with van der Waals surface area (Å²) in [6, 6.07) is 13.6. The number of carbonyl (C=O) groups excluding carboxylic acids is 1. The first-order chi connectivity index (χ1) is 16.4. The average Bonchev–Trinajstić information content (AvgIpc) is 2.84. The summed E-state index contributed by atoms with van der Waals surface area (Å²) >= 11 is 5.97. The average molecular weight is 489 g/mol. The lowest BCUT2D eigenvalue weighted by Crippen LogP contribution is -2.50. The molecule has 3 N–H and O–H groups in total. The van der Waals surface area contributed by atoms with Crippen molar-refractivity contribution >= 4 is 34.6 Å². The Balaban J connectivity index is 1.16. The molecule has 1 amide bonds. The van der Waals surface area contributed by atoms with E-state index in [1.807, 2.05) is 48.2 Å². The van der Waals surface area contributed by atoms with Gasteiger partial charge in [-0.3, -0.25) is 15.2 Å². The van der Waals surface area contributed by atoms with Gasteiger partial charge in [0, 0.05) is 48.6 Å². The van der Waals surface area contributed by atoms with Gasteiger partial charge in [-0.15, -0.1) is 5.23 Å². The van der Waals surface area contributed by atoms with Crippen molar-refractivity contribution in [2.45, 2.75) is 44.8 Å². The Kier molecular flexibility index (Phi) is 8.15. The van der Waals surface area contributed by atoms with Gasteiger partial charge in [-0.05, 0) is 80.6 Å². The first kappa shape index (κ1) is 24.6. The molecular formula is C25H33ClN4O4. The molecule has 9 heteroatoms. The summed E-state index contributed by atoms with van der Waals surface area (Å²) in [6.45, 7) is 4.98. The molecule has 2 fully saturated rings. The van der Waals surface area contributed by atoms with Crippen LogP contribution < -0.4 is 15.4 Å². The molecule has 0 radical (unpaired) electrons. The van der Waals surface area contributed by atoms with Crippen LogP contribution in [0, 0.1) is 6.92 Å². The maximum Gasteiger partial charge on any atom is 0.248 e. The summed E-state index contributed by atoms with van der Waals surface area (Å²) in [7, 11) is 0. The lowest BCUT2D eigenvalue weighted by atomic mass is 9.92. The number of aryl methyl sites for hydroxylation is 1. The smallest absolute Gasteiger partial charge is 0.248 e. The van der Waals surface area contributed by atoms with E-state index in [-0.39, 0.29) is 23.8 Å². The van der Waals surface area contributed by atoms with Crippen LogP contribution >= 0.6 is 11.6 Å². The highest BCUT2D eigenvalue weighted by Crippen LogP contribution is 2.27. The summed E-state index contributed by atoms with van der Waals surface area (Å²) in [5.41, 5.74) is 3.23. The molecular weight excluding hydrogens is 456 g/mol. The number of rotatable bonds is 7. The molecule has 1 aliphatic heterocycles. The number of carbonyl (C=O) groups is 1. The van der Waals surface area contributed by atoms with E-state index in [4.69, 9.17) is 16.3 Å². The number of hydrogen-bond donors (Lipinski definition) is 3. The Labute approximate surface area is 205 Å². The molecule has 1 saturated carbocycles. The fraction of sp³-hybridized carbons (Fsp3) is 0.480. The number of halogens is 1. The highest BCUT2D eigenvalue weighted by Gasteiger charge is 2.25. The third kappa shape index (κ3) is 6.33. The molecule has 1 saturated heterocycles. The number of nitrogens with one attached hydrogen (secondary N) is 1. The van der Waals surface area contributed by atoms with Gasteiger partial charge in [-0.2, -0.15) is 0 Å². The molecule has 4 rings (SSSR count). The maximum atomic E-state index is 12.7. The summed E-state index contributed by atoms with van der Waals surface area (Å²) in [4.78, 5) is 16.8. The van der Waals surface area contributed by atoms with Crippen molar-refractivity contribution in [3.63, 3.8) is 0 Å². The number of piperazine rings is 1. The molecule has 0 aromatic heterocycles. The molecule has 2 aromatic rings. The van der Waals surface area contributed by atoms with Gasteiger partial charge in [-0.25, -0.2) is 0 Å². The van der Waals surface area contributed by atoms with Crippen LogP contribution in [0.1, 0.15) is 31.2 Å². The van der Waals surface area contributed by atoms with Gasteiger partial charge in [-0.1, -0.05) is 11.6 Å². The Morgan fingerprint density at radius 3 is 2.35 bits per heavy atom. The van der Waals surface area contributed by atoms with E-state index >= 15 is 0 Å². The van der Waals surface area contributed by atoms with E-state index in [0.717, 1.165) is 60.7 Å². The van der Waals surface area contributed by atoms with Crippen molar-refractivity contribution in [1.82, 2.24) is 4.90 Å². The second-order valence-corrected chi connectivity index (χ2v) is 9.50. The number of amides is 1. The van der Waals surface area contributed by atoms with Gasteiger partial charge >= 0.3 is 0 Å². The van der Waals surface area contributed by atoms with Crippen LogP contribution in [0.25, 0.3) is 0 Å². The zero-order chi connectivity index (χ0) is 24.1. The van der Waals surface area contributed by atoms with Crippen molar-refractivity contribution < 1.29 is 19.9 Å². The van der Waals surface area contributed by atoms with Gasteiger partial charge < -0.3 is 19.9 Å². The van der Waals surface area contributed by atoms with Crippen molar-refractivity contribution in [2.75, 3.05) is 48.2 Å². The summed E-state index contributed by atoms with van der Waals surface area (Å²) in [6.07, 6.45) is 3.86.